The summed E-state index contributed by atoms with van der Waals surface area (Å²) in [5.74, 6) is 0. The van der Waals surface area contributed by atoms with Gasteiger partial charge < -0.3 is 0 Å². The lowest BCUT2D eigenvalue weighted by Crippen LogP contribution is -2.48. The Labute approximate surface area is 122 Å². The fourth-order valence-corrected chi connectivity index (χ4v) is 4.40. The minimum Gasteiger partial charge on any atom is -0.195 e. The Hall–Kier alpha value is -0.910. The number of nitrogens with zero attached hydrogens (tertiary/aromatic N) is 2. The van der Waals surface area contributed by atoms with Gasteiger partial charge >= 0.3 is 0 Å². The molecule has 1 fully saturated rings. The van der Waals surface area contributed by atoms with E-state index in [0.717, 1.165) is 24.8 Å². The van der Waals surface area contributed by atoms with Gasteiger partial charge in [-0.25, -0.2) is 0 Å². The topological polar surface area (TPSA) is 40.6 Å². The molecule has 1 aromatic rings. The normalized spacial score (nSPS) is 17.8. The maximum Gasteiger partial charge on any atom is 0.282 e. The third-order valence-corrected chi connectivity index (χ3v) is 5.86. The van der Waals surface area contributed by atoms with E-state index in [-0.39, 0.29) is 6.04 Å². The van der Waals surface area contributed by atoms with Gasteiger partial charge in [-0.3, -0.25) is 0 Å². The van der Waals surface area contributed by atoms with E-state index in [1.807, 2.05) is 44.2 Å². The quantitative estimate of drug-likeness (QED) is 0.838. The van der Waals surface area contributed by atoms with Gasteiger partial charge in [0.2, 0.25) is 0 Å². The molecule has 5 heteroatoms. The van der Waals surface area contributed by atoms with Crippen LogP contribution < -0.4 is 0 Å². The minimum atomic E-state index is -3.35. The SMILES string of the molecule is CC(C)N(Cc1ccccc1)S(=O)(=O)N1CCCCC1. The van der Waals surface area contributed by atoms with Gasteiger partial charge in [0.1, 0.15) is 0 Å². The third kappa shape index (κ3) is 3.59. The summed E-state index contributed by atoms with van der Waals surface area (Å²) in [7, 11) is -3.35. The van der Waals surface area contributed by atoms with Crippen LogP contribution in [0.3, 0.4) is 0 Å². The van der Waals surface area contributed by atoms with Gasteiger partial charge in [-0.2, -0.15) is 17.0 Å². The van der Waals surface area contributed by atoms with Crippen LogP contribution in [0.4, 0.5) is 0 Å². The van der Waals surface area contributed by atoms with Crippen LogP contribution in [-0.4, -0.2) is 36.2 Å². The van der Waals surface area contributed by atoms with Gasteiger partial charge in [0.05, 0.1) is 0 Å². The molecule has 0 amide bonds. The molecule has 1 aliphatic heterocycles. The zero-order chi connectivity index (χ0) is 14.6. The van der Waals surface area contributed by atoms with E-state index >= 15 is 0 Å². The van der Waals surface area contributed by atoms with Crippen LogP contribution in [0.15, 0.2) is 30.3 Å². The summed E-state index contributed by atoms with van der Waals surface area (Å²) in [5, 5.41) is 0. The summed E-state index contributed by atoms with van der Waals surface area (Å²) < 4.78 is 28.8. The molecule has 0 aliphatic carbocycles. The molecule has 1 aliphatic rings. The van der Waals surface area contributed by atoms with E-state index in [9.17, 15) is 8.42 Å². The van der Waals surface area contributed by atoms with Crippen LogP contribution in [0.5, 0.6) is 0 Å². The molecule has 0 saturated carbocycles. The lowest BCUT2D eigenvalue weighted by Gasteiger charge is -2.34. The second-order valence-electron chi connectivity index (χ2n) is 5.59. The first-order valence-electron chi connectivity index (χ1n) is 7.32. The van der Waals surface area contributed by atoms with E-state index in [0.29, 0.717) is 19.6 Å². The Balaban J connectivity index is 2.19. The summed E-state index contributed by atoms with van der Waals surface area (Å²) in [4.78, 5) is 0. The predicted molar refractivity (Wildman–Crippen MR) is 81.5 cm³/mol. The van der Waals surface area contributed by atoms with Gasteiger partial charge in [0.25, 0.3) is 10.2 Å². The zero-order valence-electron chi connectivity index (χ0n) is 12.3. The molecule has 4 nitrogen and oxygen atoms in total. The second-order valence-corrected chi connectivity index (χ2v) is 7.47. The summed E-state index contributed by atoms with van der Waals surface area (Å²) in [5.41, 5.74) is 1.03. The first-order chi connectivity index (χ1) is 9.51. The molecule has 1 aromatic carbocycles. The lowest BCUT2D eigenvalue weighted by atomic mass is 10.2. The molecule has 0 bridgehead atoms. The van der Waals surface area contributed by atoms with E-state index in [4.69, 9.17) is 0 Å². The van der Waals surface area contributed by atoms with Crippen molar-refractivity contribution in [3.8, 4) is 0 Å². The maximum absolute atomic E-state index is 12.8. The van der Waals surface area contributed by atoms with Crippen molar-refractivity contribution in [3.63, 3.8) is 0 Å². The smallest absolute Gasteiger partial charge is 0.195 e. The van der Waals surface area contributed by atoms with Crippen LogP contribution in [0.1, 0.15) is 38.7 Å². The van der Waals surface area contributed by atoms with Crippen molar-refractivity contribution < 1.29 is 8.42 Å². The average Bonchev–Trinajstić information content (AvgIpc) is 2.46. The number of rotatable bonds is 5. The zero-order valence-corrected chi connectivity index (χ0v) is 13.1. The standard InChI is InChI=1S/C15H24N2O2S/c1-14(2)17(13-15-9-5-3-6-10-15)20(18,19)16-11-7-4-8-12-16/h3,5-6,9-10,14H,4,7-8,11-13H2,1-2H3. The number of benzene rings is 1. The summed E-state index contributed by atoms with van der Waals surface area (Å²) >= 11 is 0. The Kier molecular flexibility index (Phi) is 5.18. The van der Waals surface area contributed by atoms with Crippen LogP contribution in [-0.2, 0) is 16.8 Å². The summed E-state index contributed by atoms with van der Waals surface area (Å²) in [6.07, 6.45) is 3.07. The van der Waals surface area contributed by atoms with Crippen molar-refractivity contribution in [2.24, 2.45) is 0 Å². The Morgan fingerprint density at radius 1 is 1.10 bits per heavy atom. The van der Waals surface area contributed by atoms with E-state index in [1.165, 1.54) is 0 Å². The predicted octanol–water partition coefficient (Wildman–Crippen LogP) is 2.63. The van der Waals surface area contributed by atoms with E-state index in [2.05, 4.69) is 0 Å². The van der Waals surface area contributed by atoms with Crippen LogP contribution in [0.25, 0.3) is 0 Å². The van der Waals surface area contributed by atoms with Gasteiger partial charge in [0.15, 0.2) is 0 Å². The van der Waals surface area contributed by atoms with Crippen molar-refractivity contribution in [1.29, 1.82) is 0 Å². The molecule has 1 saturated heterocycles. The van der Waals surface area contributed by atoms with Gasteiger partial charge in [-0.15, -0.1) is 0 Å². The van der Waals surface area contributed by atoms with Crippen molar-refractivity contribution >= 4 is 10.2 Å². The molecule has 0 aromatic heterocycles. The molecule has 20 heavy (non-hydrogen) atoms. The fraction of sp³-hybridized carbons (Fsp3) is 0.600. The van der Waals surface area contributed by atoms with Crippen molar-refractivity contribution in [1.82, 2.24) is 8.61 Å². The second kappa shape index (κ2) is 6.70. The van der Waals surface area contributed by atoms with Crippen LogP contribution in [0.2, 0.25) is 0 Å². The molecule has 0 radical (unpaired) electrons. The highest BCUT2D eigenvalue weighted by Crippen LogP contribution is 2.20. The van der Waals surface area contributed by atoms with Crippen LogP contribution in [0, 0.1) is 0 Å². The van der Waals surface area contributed by atoms with Crippen LogP contribution >= 0.6 is 0 Å². The highest BCUT2D eigenvalue weighted by atomic mass is 32.2. The highest BCUT2D eigenvalue weighted by molar-refractivity contribution is 7.86. The van der Waals surface area contributed by atoms with Gasteiger partial charge in [0, 0.05) is 25.7 Å². The van der Waals surface area contributed by atoms with E-state index < -0.39 is 10.2 Å². The lowest BCUT2D eigenvalue weighted by molar-refractivity contribution is 0.277. The molecule has 2 rings (SSSR count). The third-order valence-electron chi connectivity index (χ3n) is 3.69. The van der Waals surface area contributed by atoms with Crippen molar-refractivity contribution in [3.05, 3.63) is 35.9 Å². The number of hydrogen-bond donors (Lipinski definition) is 0. The Morgan fingerprint density at radius 3 is 2.25 bits per heavy atom. The highest BCUT2D eigenvalue weighted by Gasteiger charge is 2.32. The first kappa shape index (κ1) is 15.5. The average molecular weight is 296 g/mol. The molecular weight excluding hydrogens is 272 g/mol. The van der Waals surface area contributed by atoms with Crippen molar-refractivity contribution in [2.75, 3.05) is 13.1 Å². The summed E-state index contributed by atoms with van der Waals surface area (Å²) in [6, 6.07) is 9.75. The minimum absolute atomic E-state index is 0.0397. The molecule has 0 N–H and O–H groups in total. The number of hydrogen-bond acceptors (Lipinski definition) is 2. The van der Waals surface area contributed by atoms with Gasteiger partial charge in [-0.1, -0.05) is 36.8 Å². The molecule has 112 valence electrons. The molecule has 0 spiro atoms. The number of piperidine rings is 1. The summed E-state index contributed by atoms with van der Waals surface area (Å²) in [6.45, 7) is 5.62. The fourth-order valence-electron chi connectivity index (χ4n) is 2.54. The Morgan fingerprint density at radius 2 is 1.70 bits per heavy atom. The Bertz CT molecular complexity index is 508. The van der Waals surface area contributed by atoms with Gasteiger partial charge in [-0.05, 0) is 32.3 Å². The molecule has 0 unspecified atom stereocenters. The first-order valence-corrected chi connectivity index (χ1v) is 8.72. The van der Waals surface area contributed by atoms with E-state index in [1.54, 1.807) is 8.61 Å². The molecule has 1 heterocycles. The monoisotopic (exact) mass is 296 g/mol. The maximum atomic E-state index is 12.8. The van der Waals surface area contributed by atoms with Crippen molar-refractivity contribution in [2.45, 2.75) is 45.7 Å². The molecule has 0 atom stereocenters. The largest absolute Gasteiger partial charge is 0.282 e. The molecular formula is C15H24N2O2S.